The van der Waals surface area contributed by atoms with Crippen LogP contribution >= 0.6 is 0 Å². The van der Waals surface area contributed by atoms with E-state index in [2.05, 4.69) is 12.2 Å². The number of ether oxygens (including phenoxy) is 1. The molecule has 2 aliphatic rings. The predicted molar refractivity (Wildman–Crippen MR) is 95.6 cm³/mol. The van der Waals surface area contributed by atoms with Gasteiger partial charge in [-0.15, -0.1) is 0 Å². The van der Waals surface area contributed by atoms with Crippen LogP contribution in [0.5, 0.6) is 0 Å². The summed E-state index contributed by atoms with van der Waals surface area (Å²) in [6.07, 6.45) is 0.721. The number of carboxylic acid groups (broad SMARTS) is 1. The van der Waals surface area contributed by atoms with Crippen LogP contribution in [0.15, 0.2) is 0 Å². The van der Waals surface area contributed by atoms with Crippen molar-refractivity contribution in [1.29, 1.82) is 0 Å². The van der Waals surface area contributed by atoms with E-state index in [1.807, 2.05) is 25.7 Å². The lowest BCUT2D eigenvalue weighted by Gasteiger charge is -2.49. The largest absolute Gasteiger partial charge is 0.465 e. The molecule has 2 saturated heterocycles. The maximum Gasteiger partial charge on any atom is 0.407 e. The molecule has 0 radical (unpaired) electrons. The summed E-state index contributed by atoms with van der Waals surface area (Å²) in [5.74, 6) is -0.255. The van der Waals surface area contributed by atoms with Gasteiger partial charge < -0.3 is 25.0 Å². The third-order valence-electron chi connectivity index (χ3n) is 5.13. The number of piperidine rings is 1. The Morgan fingerprint density at radius 3 is 2.40 bits per heavy atom. The van der Waals surface area contributed by atoms with Crippen LogP contribution < -0.4 is 5.32 Å². The van der Waals surface area contributed by atoms with Gasteiger partial charge in [0.15, 0.2) is 0 Å². The second kappa shape index (κ2) is 8.36. The van der Waals surface area contributed by atoms with E-state index in [0.29, 0.717) is 39.3 Å². The molecule has 3 atom stereocenters. The van der Waals surface area contributed by atoms with E-state index in [1.165, 1.54) is 4.90 Å². The number of amides is 2. The van der Waals surface area contributed by atoms with Crippen molar-refractivity contribution in [3.63, 3.8) is 0 Å². The molecule has 0 bridgehead atoms. The van der Waals surface area contributed by atoms with Crippen LogP contribution in [0.3, 0.4) is 0 Å². The molecule has 0 aromatic carbocycles. The number of hydrogen-bond acceptors (Lipinski definition) is 4. The summed E-state index contributed by atoms with van der Waals surface area (Å²) in [7, 11) is 0. The number of nitrogens with zero attached hydrogens (tertiary/aromatic N) is 2. The lowest BCUT2D eigenvalue weighted by Crippen LogP contribution is -2.63. The van der Waals surface area contributed by atoms with Crippen molar-refractivity contribution in [3.8, 4) is 0 Å². The maximum absolute atomic E-state index is 13.2. The topological polar surface area (TPSA) is 82.1 Å². The molecular weight excluding hydrogens is 322 g/mol. The Hall–Kier alpha value is -1.34. The molecule has 2 amide bonds. The van der Waals surface area contributed by atoms with Gasteiger partial charge in [-0.3, -0.25) is 4.79 Å². The normalized spacial score (nSPS) is 28.1. The number of carbonyl (C=O) groups excluding carboxylic acids is 1. The third kappa shape index (κ3) is 4.85. The molecule has 2 fully saturated rings. The minimum Gasteiger partial charge on any atom is -0.465 e. The smallest absolute Gasteiger partial charge is 0.407 e. The molecule has 0 aliphatic carbocycles. The minimum absolute atomic E-state index is 0.0182. The van der Waals surface area contributed by atoms with Crippen molar-refractivity contribution < 1.29 is 19.4 Å². The number of rotatable bonds is 4. The fourth-order valence-corrected chi connectivity index (χ4v) is 4.10. The summed E-state index contributed by atoms with van der Waals surface area (Å²) in [6.45, 7) is 11.7. The lowest BCUT2D eigenvalue weighted by molar-refractivity contribution is -0.146. The summed E-state index contributed by atoms with van der Waals surface area (Å²) >= 11 is 0. The Balaban J connectivity index is 2.27. The molecule has 25 heavy (non-hydrogen) atoms. The van der Waals surface area contributed by atoms with E-state index in [4.69, 9.17) is 4.74 Å². The highest BCUT2D eigenvalue weighted by atomic mass is 16.5. The van der Waals surface area contributed by atoms with Crippen molar-refractivity contribution >= 4 is 12.0 Å². The van der Waals surface area contributed by atoms with Crippen molar-refractivity contribution in [2.24, 2.45) is 11.3 Å². The standard InChI is InChI=1S/C18H33N3O4/c1-5-6-19-13-11-14(16(22)20-7-9-25-10-8-20)15(18(2,3)4)21(12-13)17(23)24/h13-15,19H,5-12H2,1-4H3,(H,23,24)/t13-,14+,15?/m0/s1. The van der Waals surface area contributed by atoms with Crippen LogP contribution in [-0.4, -0.2) is 78.4 Å². The Labute approximate surface area is 150 Å². The molecule has 144 valence electrons. The molecule has 0 aromatic heterocycles. The minimum atomic E-state index is -0.942. The highest BCUT2D eigenvalue weighted by Gasteiger charge is 2.48. The first-order valence-corrected chi connectivity index (χ1v) is 9.35. The summed E-state index contributed by atoms with van der Waals surface area (Å²) in [5, 5.41) is 13.2. The SMILES string of the molecule is CCCN[C@H]1C[C@@H](C(=O)N2CCOCC2)C(C(C)(C)C)N(C(=O)O)C1. The maximum atomic E-state index is 13.2. The van der Waals surface area contributed by atoms with Crippen LogP contribution in [0.1, 0.15) is 40.5 Å². The van der Waals surface area contributed by atoms with Crippen molar-refractivity contribution in [2.45, 2.75) is 52.6 Å². The molecule has 7 heteroatoms. The zero-order valence-corrected chi connectivity index (χ0v) is 16.0. The Morgan fingerprint density at radius 2 is 1.88 bits per heavy atom. The fraction of sp³-hybridized carbons (Fsp3) is 0.889. The van der Waals surface area contributed by atoms with Gasteiger partial charge in [0.2, 0.25) is 5.91 Å². The van der Waals surface area contributed by atoms with Gasteiger partial charge in [0.25, 0.3) is 0 Å². The van der Waals surface area contributed by atoms with Crippen LogP contribution in [0.2, 0.25) is 0 Å². The number of hydrogen-bond donors (Lipinski definition) is 2. The Kier molecular flexibility index (Phi) is 6.68. The van der Waals surface area contributed by atoms with Crippen molar-refractivity contribution in [2.75, 3.05) is 39.4 Å². The zero-order valence-electron chi connectivity index (χ0n) is 16.0. The summed E-state index contributed by atoms with van der Waals surface area (Å²) in [6, 6.07) is -0.301. The van der Waals surface area contributed by atoms with Gasteiger partial charge in [-0.2, -0.15) is 0 Å². The van der Waals surface area contributed by atoms with Crippen LogP contribution in [0.4, 0.5) is 4.79 Å². The molecule has 2 aliphatic heterocycles. The molecule has 0 aromatic rings. The quantitative estimate of drug-likeness (QED) is 0.801. The van der Waals surface area contributed by atoms with E-state index in [-0.39, 0.29) is 29.3 Å². The molecular formula is C18H33N3O4. The van der Waals surface area contributed by atoms with Gasteiger partial charge in [-0.25, -0.2) is 4.79 Å². The van der Waals surface area contributed by atoms with Gasteiger partial charge >= 0.3 is 6.09 Å². The van der Waals surface area contributed by atoms with E-state index < -0.39 is 6.09 Å². The summed E-state index contributed by atoms with van der Waals surface area (Å²) < 4.78 is 5.35. The van der Waals surface area contributed by atoms with Crippen LogP contribution in [0.25, 0.3) is 0 Å². The van der Waals surface area contributed by atoms with Crippen molar-refractivity contribution in [1.82, 2.24) is 15.1 Å². The van der Waals surface area contributed by atoms with E-state index in [0.717, 1.165) is 13.0 Å². The number of carbonyl (C=O) groups is 2. The van der Waals surface area contributed by atoms with Gasteiger partial charge in [-0.05, 0) is 24.8 Å². The molecule has 0 saturated carbocycles. The predicted octanol–water partition coefficient (Wildman–Crippen LogP) is 1.63. The monoisotopic (exact) mass is 355 g/mol. The third-order valence-corrected chi connectivity index (χ3v) is 5.13. The Bertz CT molecular complexity index is 471. The molecule has 7 nitrogen and oxygen atoms in total. The average Bonchev–Trinajstić information content (AvgIpc) is 2.58. The van der Waals surface area contributed by atoms with Gasteiger partial charge in [-0.1, -0.05) is 27.7 Å². The van der Waals surface area contributed by atoms with Crippen LogP contribution in [0, 0.1) is 11.3 Å². The molecule has 1 unspecified atom stereocenters. The van der Waals surface area contributed by atoms with Crippen molar-refractivity contribution in [3.05, 3.63) is 0 Å². The first kappa shape index (κ1) is 20.0. The number of nitrogens with one attached hydrogen (secondary N) is 1. The molecule has 0 spiro atoms. The first-order chi connectivity index (χ1) is 11.8. The fourth-order valence-electron chi connectivity index (χ4n) is 4.10. The van der Waals surface area contributed by atoms with Gasteiger partial charge in [0.1, 0.15) is 0 Å². The summed E-state index contributed by atoms with van der Waals surface area (Å²) in [5.41, 5.74) is -0.305. The second-order valence-corrected chi connectivity index (χ2v) is 8.18. The van der Waals surface area contributed by atoms with E-state index in [1.54, 1.807) is 0 Å². The number of likely N-dealkylation sites (tertiary alicyclic amines) is 1. The number of morpholine rings is 1. The molecule has 2 N–H and O–H groups in total. The average molecular weight is 355 g/mol. The summed E-state index contributed by atoms with van der Waals surface area (Å²) in [4.78, 5) is 28.5. The Morgan fingerprint density at radius 1 is 1.24 bits per heavy atom. The molecule has 2 heterocycles. The highest BCUT2D eigenvalue weighted by Crippen LogP contribution is 2.37. The van der Waals surface area contributed by atoms with E-state index >= 15 is 0 Å². The van der Waals surface area contributed by atoms with Crippen LogP contribution in [-0.2, 0) is 9.53 Å². The first-order valence-electron chi connectivity index (χ1n) is 9.35. The van der Waals surface area contributed by atoms with E-state index in [9.17, 15) is 14.7 Å². The van der Waals surface area contributed by atoms with Gasteiger partial charge in [0, 0.05) is 25.7 Å². The second-order valence-electron chi connectivity index (χ2n) is 8.18. The highest BCUT2D eigenvalue weighted by molar-refractivity contribution is 5.81. The molecule has 2 rings (SSSR count). The zero-order chi connectivity index (χ0) is 18.6. The lowest BCUT2D eigenvalue weighted by atomic mass is 9.72. The van der Waals surface area contributed by atoms with Gasteiger partial charge in [0.05, 0.1) is 25.2 Å².